The summed E-state index contributed by atoms with van der Waals surface area (Å²) in [6.45, 7) is 6.21. The van der Waals surface area contributed by atoms with Crippen LogP contribution in [0.25, 0.3) is 0 Å². The van der Waals surface area contributed by atoms with Crippen LogP contribution in [0.5, 0.6) is 5.75 Å². The van der Waals surface area contributed by atoms with E-state index in [0.717, 1.165) is 42.7 Å². The van der Waals surface area contributed by atoms with Gasteiger partial charge in [-0.25, -0.2) is 4.79 Å². The lowest BCUT2D eigenvalue weighted by Gasteiger charge is -2.34. The van der Waals surface area contributed by atoms with Crippen LogP contribution in [0.15, 0.2) is 42.5 Å². The molecule has 0 spiro atoms. The quantitative estimate of drug-likeness (QED) is 0.396. The lowest BCUT2D eigenvalue weighted by molar-refractivity contribution is -0.137. The first-order chi connectivity index (χ1) is 17.2. The van der Waals surface area contributed by atoms with E-state index < -0.39 is 5.97 Å². The van der Waals surface area contributed by atoms with Crippen LogP contribution in [0.4, 0.5) is 16.2 Å². The number of piperidine rings is 1. The van der Waals surface area contributed by atoms with E-state index in [1.165, 1.54) is 7.11 Å². The molecule has 4 N–H and O–H groups in total. The molecule has 3 amide bonds. The number of ether oxygens (including phenoxy) is 1. The zero-order chi connectivity index (χ0) is 26.1. The average molecular weight is 497 g/mol. The molecule has 2 aromatic carbocycles. The summed E-state index contributed by atoms with van der Waals surface area (Å²) in [7, 11) is 1.52. The Kier molecular flexibility index (Phi) is 9.69. The molecule has 1 atom stereocenters. The van der Waals surface area contributed by atoms with Gasteiger partial charge in [0.1, 0.15) is 5.75 Å². The summed E-state index contributed by atoms with van der Waals surface area (Å²) in [6, 6.07) is 12.5. The molecule has 1 aliphatic rings. The van der Waals surface area contributed by atoms with Crippen molar-refractivity contribution in [2.24, 2.45) is 5.92 Å². The van der Waals surface area contributed by atoms with Gasteiger partial charge >= 0.3 is 12.0 Å². The topological polar surface area (TPSA) is 120 Å². The Labute approximate surface area is 212 Å². The van der Waals surface area contributed by atoms with Gasteiger partial charge in [0.2, 0.25) is 5.91 Å². The molecule has 0 bridgehead atoms. The monoisotopic (exact) mass is 496 g/mol. The Morgan fingerprint density at radius 2 is 1.78 bits per heavy atom. The zero-order valence-electron chi connectivity index (χ0n) is 21.2. The third-order valence-electron chi connectivity index (χ3n) is 6.64. The highest BCUT2D eigenvalue weighted by Gasteiger charge is 2.25. The number of nitrogens with one attached hydrogen (secondary N) is 3. The largest absolute Gasteiger partial charge is 0.495 e. The Hall–Kier alpha value is -3.59. The number of likely N-dealkylation sites (tertiary alicyclic amines) is 1. The lowest BCUT2D eigenvalue weighted by atomic mass is 9.90. The second-order valence-corrected chi connectivity index (χ2v) is 9.28. The second kappa shape index (κ2) is 12.9. The van der Waals surface area contributed by atoms with E-state index in [9.17, 15) is 14.4 Å². The molecule has 9 nitrogen and oxygen atoms in total. The van der Waals surface area contributed by atoms with Crippen molar-refractivity contribution in [3.63, 3.8) is 0 Å². The van der Waals surface area contributed by atoms with Gasteiger partial charge in [-0.1, -0.05) is 24.3 Å². The van der Waals surface area contributed by atoms with Crippen molar-refractivity contribution in [3.05, 3.63) is 53.6 Å². The lowest BCUT2D eigenvalue weighted by Crippen LogP contribution is -2.44. The van der Waals surface area contributed by atoms with Crippen molar-refractivity contribution in [2.75, 3.05) is 37.4 Å². The zero-order valence-corrected chi connectivity index (χ0v) is 21.2. The van der Waals surface area contributed by atoms with Crippen LogP contribution in [-0.4, -0.2) is 60.7 Å². The maximum Gasteiger partial charge on any atom is 0.323 e. The van der Waals surface area contributed by atoms with Crippen molar-refractivity contribution in [1.82, 2.24) is 10.2 Å². The van der Waals surface area contributed by atoms with Crippen LogP contribution < -0.4 is 20.7 Å². The first-order valence-corrected chi connectivity index (χ1v) is 12.3. The van der Waals surface area contributed by atoms with Gasteiger partial charge in [0.25, 0.3) is 0 Å². The molecule has 0 aromatic heterocycles. The summed E-state index contributed by atoms with van der Waals surface area (Å²) >= 11 is 0. The maximum atomic E-state index is 12.7. The van der Waals surface area contributed by atoms with Crippen LogP contribution in [0.2, 0.25) is 0 Å². The molecule has 0 aliphatic carbocycles. The van der Waals surface area contributed by atoms with Gasteiger partial charge in [-0.15, -0.1) is 0 Å². The van der Waals surface area contributed by atoms with Crippen LogP contribution in [0, 0.1) is 12.8 Å². The fourth-order valence-electron chi connectivity index (χ4n) is 4.48. The number of para-hydroxylation sites is 1. The minimum atomic E-state index is -0.774. The molecule has 36 heavy (non-hydrogen) atoms. The van der Waals surface area contributed by atoms with E-state index in [4.69, 9.17) is 9.84 Å². The second-order valence-electron chi connectivity index (χ2n) is 9.28. The number of urea groups is 1. The number of nitrogens with zero attached hydrogens (tertiary/aromatic N) is 1. The van der Waals surface area contributed by atoms with Crippen molar-refractivity contribution < 1.29 is 24.2 Å². The summed E-state index contributed by atoms with van der Waals surface area (Å²) in [5.41, 5.74) is 2.97. The number of carbonyl (C=O) groups excluding carboxylic acids is 2. The molecular weight excluding hydrogens is 460 g/mol. The Morgan fingerprint density at radius 1 is 1.08 bits per heavy atom. The molecule has 194 valence electrons. The van der Waals surface area contributed by atoms with E-state index in [0.29, 0.717) is 23.9 Å². The summed E-state index contributed by atoms with van der Waals surface area (Å²) in [5, 5.41) is 17.6. The van der Waals surface area contributed by atoms with Crippen molar-refractivity contribution in [2.45, 2.75) is 45.6 Å². The molecule has 1 fully saturated rings. The number of hydrogen-bond donors (Lipinski definition) is 4. The van der Waals surface area contributed by atoms with Crippen molar-refractivity contribution in [1.29, 1.82) is 0 Å². The van der Waals surface area contributed by atoms with Crippen LogP contribution in [0.3, 0.4) is 0 Å². The number of aryl methyl sites for hydroxylation is 1. The first-order valence-electron chi connectivity index (χ1n) is 12.3. The molecule has 1 aliphatic heterocycles. The van der Waals surface area contributed by atoms with E-state index in [2.05, 4.69) is 20.9 Å². The number of amides is 3. The third-order valence-corrected chi connectivity index (χ3v) is 6.64. The molecule has 1 unspecified atom stereocenters. The molecule has 1 heterocycles. The predicted octanol–water partition coefficient (Wildman–Crippen LogP) is 3.88. The number of carboxylic acids is 1. The van der Waals surface area contributed by atoms with Gasteiger partial charge < -0.3 is 30.7 Å². The standard InChI is InChI=1S/C27H36N4O5/c1-18-6-4-5-7-22(18)29-27(35)30-23-9-8-20(16-24(23)36-3)17-25(32)28-19(2)21-10-13-31(14-11-21)15-12-26(33)34/h4-9,16,19,21H,10-15,17H2,1-3H3,(H,28,32)(H,33,34)(H2,29,30,35). The third kappa shape index (κ3) is 7.98. The van der Waals surface area contributed by atoms with E-state index in [1.54, 1.807) is 18.2 Å². The van der Waals surface area contributed by atoms with E-state index in [1.807, 2.05) is 38.1 Å². The SMILES string of the molecule is COc1cc(CC(=O)NC(C)C2CCN(CCC(=O)O)CC2)ccc1NC(=O)Nc1ccccc1C. The fraction of sp³-hybridized carbons (Fsp3) is 0.444. The smallest absolute Gasteiger partial charge is 0.323 e. The molecule has 3 rings (SSSR count). The molecule has 2 aromatic rings. The van der Waals surface area contributed by atoms with Gasteiger partial charge in [-0.3, -0.25) is 9.59 Å². The number of hydrogen-bond acceptors (Lipinski definition) is 5. The van der Waals surface area contributed by atoms with E-state index in [-0.39, 0.29) is 30.8 Å². The van der Waals surface area contributed by atoms with Crippen LogP contribution in [0.1, 0.15) is 37.3 Å². The summed E-state index contributed by atoms with van der Waals surface area (Å²) < 4.78 is 5.45. The normalized spacial score (nSPS) is 15.1. The summed E-state index contributed by atoms with van der Waals surface area (Å²) in [4.78, 5) is 38.1. The number of aliphatic carboxylic acids is 1. The van der Waals surface area contributed by atoms with Gasteiger partial charge in [0.15, 0.2) is 0 Å². The first kappa shape index (κ1) is 27.0. The fourth-order valence-corrected chi connectivity index (χ4v) is 4.48. The van der Waals surface area contributed by atoms with Crippen LogP contribution >= 0.6 is 0 Å². The van der Waals surface area contributed by atoms with Gasteiger partial charge in [-0.2, -0.15) is 0 Å². The van der Waals surface area contributed by atoms with Crippen molar-refractivity contribution in [3.8, 4) is 5.75 Å². The average Bonchev–Trinajstić information content (AvgIpc) is 2.85. The number of methoxy groups -OCH3 is 1. The number of anilines is 2. The number of rotatable bonds is 10. The summed E-state index contributed by atoms with van der Waals surface area (Å²) in [5.74, 6) is -0.00971. The minimum absolute atomic E-state index is 0.0344. The van der Waals surface area contributed by atoms with E-state index >= 15 is 0 Å². The highest BCUT2D eigenvalue weighted by atomic mass is 16.5. The summed E-state index contributed by atoms with van der Waals surface area (Å²) in [6.07, 6.45) is 2.22. The molecule has 0 saturated carbocycles. The number of benzene rings is 2. The van der Waals surface area contributed by atoms with Gasteiger partial charge in [0, 0.05) is 18.3 Å². The van der Waals surface area contributed by atoms with Crippen molar-refractivity contribution >= 4 is 29.3 Å². The van der Waals surface area contributed by atoms with Gasteiger partial charge in [0.05, 0.1) is 25.6 Å². The molecular formula is C27H36N4O5. The Balaban J connectivity index is 1.50. The van der Waals surface area contributed by atoms with Crippen LogP contribution in [-0.2, 0) is 16.0 Å². The number of carbonyl (C=O) groups is 3. The molecule has 9 heteroatoms. The number of carboxylic acid groups (broad SMARTS) is 1. The Morgan fingerprint density at radius 3 is 2.44 bits per heavy atom. The highest BCUT2D eigenvalue weighted by Crippen LogP contribution is 2.27. The minimum Gasteiger partial charge on any atom is -0.495 e. The molecule has 1 saturated heterocycles. The highest BCUT2D eigenvalue weighted by molar-refractivity contribution is 6.01. The van der Waals surface area contributed by atoms with Gasteiger partial charge in [-0.05, 0) is 75.0 Å². The Bertz CT molecular complexity index is 1070. The molecule has 0 radical (unpaired) electrons. The maximum absolute atomic E-state index is 12.7. The predicted molar refractivity (Wildman–Crippen MR) is 140 cm³/mol.